The van der Waals surface area contributed by atoms with Gasteiger partial charge in [-0.25, -0.2) is 4.99 Å². The van der Waals surface area contributed by atoms with Crippen molar-refractivity contribution in [3.63, 3.8) is 0 Å². The second kappa shape index (κ2) is 4.70. The summed E-state index contributed by atoms with van der Waals surface area (Å²) in [7, 11) is 1.64. The maximum Gasteiger partial charge on any atom is 0.264 e. The summed E-state index contributed by atoms with van der Waals surface area (Å²) in [5, 5.41) is 0. The Kier molecular flexibility index (Phi) is 2.99. The van der Waals surface area contributed by atoms with E-state index >= 15 is 0 Å². The van der Waals surface area contributed by atoms with E-state index in [2.05, 4.69) is 20.9 Å². The molecule has 0 bridgehead atoms. The fourth-order valence-corrected chi connectivity index (χ4v) is 3.87. The molecular formula is C15H16BrN3O3. The van der Waals surface area contributed by atoms with E-state index in [0.29, 0.717) is 17.9 Å². The van der Waals surface area contributed by atoms with Gasteiger partial charge in [0, 0.05) is 23.7 Å². The number of amides is 1. The third kappa shape index (κ3) is 1.69. The van der Waals surface area contributed by atoms with Crippen molar-refractivity contribution in [2.24, 2.45) is 10.7 Å². The van der Waals surface area contributed by atoms with Crippen LogP contribution in [0.3, 0.4) is 0 Å². The van der Waals surface area contributed by atoms with Crippen LogP contribution in [0.1, 0.15) is 18.4 Å². The normalized spacial score (nSPS) is 33.3. The van der Waals surface area contributed by atoms with Crippen LogP contribution in [0.4, 0.5) is 0 Å². The van der Waals surface area contributed by atoms with Gasteiger partial charge in [0.1, 0.15) is 18.0 Å². The van der Waals surface area contributed by atoms with Gasteiger partial charge in [-0.15, -0.1) is 0 Å². The first-order valence-corrected chi connectivity index (χ1v) is 8.05. The number of guanidine groups is 1. The smallest absolute Gasteiger partial charge is 0.264 e. The van der Waals surface area contributed by atoms with Crippen LogP contribution in [0, 0.1) is 0 Å². The Hall–Kier alpha value is -1.60. The molecule has 116 valence electrons. The summed E-state index contributed by atoms with van der Waals surface area (Å²) in [5.41, 5.74) is 5.51. The molecule has 4 rings (SSSR count). The number of benzene rings is 1. The average Bonchev–Trinajstić information content (AvgIpc) is 2.74. The molecule has 6 nitrogen and oxygen atoms in total. The molecule has 1 saturated heterocycles. The highest BCUT2D eigenvalue weighted by atomic mass is 79.9. The molecule has 1 amide bonds. The SMILES string of the molecule is CN1C(=O)[C@@]2(N=C1N)c1cc(Br)ccc1O[C@@H]1CCCOC12. The van der Waals surface area contributed by atoms with Crippen molar-refractivity contribution in [1.29, 1.82) is 0 Å². The topological polar surface area (TPSA) is 77.2 Å². The lowest BCUT2D eigenvalue weighted by Crippen LogP contribution is -2.58. The number of rotatable bonds is 0. The number of nitrogens with two attached hydrogens (primary N) is 1. The lowest BCUT2D eigenvalue weighted by molar-refractivity contribution is -0.151. The molecule has 22 heavy (non-hydrogen) atoms. The van der Waals surface area contributed by atoms with E-state index in [0.717, 1.165) is 17.3 Å². The fourth-order valence-electron chi connectivity index (χ4n) is 3.51. The molecule has 1 spiro atoms. The van der Waals surface area contributed by atoms with Crippen molar-refractivity contribution >= 4 is 27.8 Å². The first-order valence-electron chi connectivity index (χ1n) is 7.26. The van der Waals surface area contributed by atoms with E-state index in [9.17, 15) is 4.79 Å². The average molecular weight is 366 g/mol. The van der Waals surface area contributed by atoms with Gasteiger partial charge in [-0.05, 0) is 31.0 Å². The molecule has 1 aromatic rings. The molecule has 0 aromatic heterocycles. The second-order valence-electron chi connectivity index (χ2n) is 5.83. The van der Waals surface area contributed by atoms with Crippen molar-refractivity contribution < 1.29 is 14.3 Å². The Morgan fingerprint density at radius 3 is 3.05 bits per heavy atom. The van der Waals surface area contributed by atoms with Crippen molar-refractivity contribution in [1.82, 2.24) is 4.90 Å². The Bertz CT molecular complexity index is 693. The third-order valence-corrected chi connectivity index (χ3v) is 5.07. The second-order valence-corrected chi connectivity index (χ2v) is 6.75. The van der Waals surface area contributed by atoms with Gasteiger partial charge >= 0.3 is 0 Å². The van der Waals surface area contributed by atoms with Crippen LogP contribution in [0.15, 0.2) is 27.7 Å². The van der Waals surface area contributed by atoms with Gasteiger partial charge in [-0.3, -0.25) is 9.69 Å². The molecule has 1 unspecified atom stereocenters. The van der Waals surface area contributed by atoms with Gasteiger partial charge in [-0.2, -0.15) is 0 Å². The minimum Gasteiger partial charge on any atom is -0.487 e. The Morgan fingerprint density at radius 2 is 2.32 bits per heavy atom. The largest absolute Gasteiger partial charge is 0.487 e. The number of ether oxygens (including phenoxy) is 2. The van der Waals surface area contributed by atoms with Crippen LogP contribution in [0.2, 0.25) is 0 Å². The molecule has 2 N–H and O–H groups in total. The maximum atomic E-state index is 13.0. The maximum absolute atomic E-state index is 13.0. The first kappa shape index (κ1) is 14.0. The molecule has 3 atom stereocenters. The zero-order valence-electron chi connectivity index (χ0n) is 12.1. The molecule has 0 saturated carbocycles. The van der Waals surface area contributed by atoms with E-state index in [1.165, 1.54) is 4.90 Å². The van der Waals surface area contributed by atoms with Crippen molar-refractivity contribution in [2.75, 3.05) is 13.7 Å². The molecule has 0 radical (unpaired) electrons. The van der Waals surface area contributed by atoms with Gasteiger partial charge < -0.3 is 15.2 Å². The predicted molar refractivity (Wildman–Crippen MR) is 83.6 cm³/mol. The van der Waals surface area contributed by atoms with Crippen LogP contribution in [0.25, 0.3) is 0 Å². The zero-order valence-corrected chi connectivity index (χ0v) is 13.7. The van der Waals surface area contributed by atoms with E-state index in [1.54, 1.807) is 7.05 Å². The van der Waals surface area contributed by atoms with Gasteiger partial charge in [-0.1, -0.05) is 15.9 Å². The summed E-state index contributed by atoms with van der Waals surface area (Å²) in [6.07, 6.45) is 1.12. The lowest BCUT2D eigenvalue weighted by atomic mass is 9.77. The number of fused-ring (bicyclic) bond motifs is 4. The van der Waals surface area contributed by atoms with Crippen molar-refractivity contribution in [3.8, 4) is 5.75 Å². The number of likely N-dealkylation sites (N-methyl/N-ethyl adjacent to an activating group) is 1. The predicted octanol–water partition coefficient (Wildman–Crippen LogP) is 1.37. The highest BCUT2D eigenvalue weighted by Gasteiger charge is 2.61. The quantitative estimate of drug-likeness (QED) is 0.753. The number of hydrogen-bond acceptors (Lipinski definition) is 5. The van der Waals surface area contributed by atoms with E-state index in [4.69, 9.17) is 15.2 Å². The number of nitrogens with zero attached hydrogens (tertiary/aromatic N) is 2. The Labute approximate surface area is 136 Å². The van der Waals surface area contributed by atoms with Crippen LogP contribution >= 0.6 is 15.9 Å². The van der Waals surface area contributed by atoms with E-state index in [-0.39, 0.29) is 18.0 Å². The monoisotopic (exact) mass is 365 g/mol. The zero-order chi connectivity index (χ0) is 15.5. The molecule has 1 aromatic carbocycles. The number of carbonyl (C=O) groups excluding carboxylic acids is 1. The summed E-state index contributed by atoms with van der Waals surface area (Å²) in [4.78, 5) is 18.9. The number of carbonyl (C=O) groups is 1. The number of hydrogen-bond donors (Lipinski definition) is 1. The molecule has 1 fully saturated rings. The minimum atomic E-state index is -1.14. The van der Waals surface area contributed by atoms with Crippen LogP contribution in [0.5, 0.6) is 5.75 Å². The van der Waals surface area contributed by atoms with Crippen LogP contribution in [-0.2, 0) is 15.1 Å². The minimum absolute atomic E-state index is 0.162. The van der Waals surface area contributed by atoms with Gasteiger partial charge in [0.25, 0.3) is 5.91 Å². The van der Waals surface area contributed by atoms with Crippen molar-refractivity contribution in [2.45, 2.75) is 30.6 Å². The molecule has 0 aliphatic carbocycles. The van der Waals surface area contributed by atoms with Gasteiger partial charge in [0.2, 0.25) is 5.54 Å². The van der Waals surface area contributed by atoms with Crippen LogP contribution < -0.4 is 10.5 Å². The fraction of sp³-hybridized carbons (Fsp3) is 0.467. The Balaban J connectivity index is 1.97. The van der Waals surface area contributed by atoms with Crippen LogP contribution in [-0.4, -0.2) is 42.6 Å². The third-order valence-electron chi connectivity index (χ3n) is 4.58. The number of halogens is 1. The van der Waals surface area contributed by atoms with E-state index < -0.39 is 11.6 Å². The Morgan fingerprint density at radius 1 is 1.50 bits per heavy atom. The summed E-state index contributed by atoms with van der Waals surface area (Å²) in [6.45, 7) is 0.599. The molecular weight excluding hydrogens is 350 g/mol. The standard InChI is InChI=1S/C15H16BrN3O3/c1-19-13(20)15(18-14(19)17)9-7-8(16)4-5-10(9)22-11-3-2-6-21-12(11)15/h4-5,7,11-12H,2-3,6H2,1H3,(H2,17,18)/t11-,12?,15-/m1/s1. The van der Waals surface area contributed by atoms with Gasteiger partial charge in [0.05, 0.1) is 0 Å². The van der Waals surface area contributed by atoms with E-state index in [1.807, 2.05) is 18.2 Å². The summed E-state index contributed by atoms with van der Waals surface area (Å²) >= 11 is 3.46. The van der Waals surface area contributed by atoms with Gasteiger partial charge in [0.15, 0.2) is 5.96 Å². The first-order chi connectivity index (χ1) is 10.5. The molecule has 3 heterocycles. The molecule has 3 aliphatic rings. The number of aliphatic imine (C=N–C) groups is 1. The summed E-state index contributed by atoms with van der Waals surface area (Å²) < 4.78 is 12.9. The molecule has 7 heteroatoms. The van der Waals surface area contributed by atoms with Crippen molar-refractivity contribution in [3.05, 3.63) is 28.2 Å². The summed E-state index contributed by atoms with van der Waals surface area (Å²) in [5.74, 6) is 0.727. The lowest BCUT2D eigenvalue weighted by Gasteiger charge is -2.45. The highest BCUT2D eigenvalue weighted by Crippen LogP contribution is 2.49. The summed E-state index contributed by atoms with van der Waals surface area (Å²) in [6, 6.07) is 5.63. The highest BCUT2D eigenvalue weighted by molar-refractivity contribution is 9.10. The molecule has 3 aliphatic heterocycles.